The lowest BCUT2D eigenvalue weighted by Crippen LogP contribution is -2.23. The van der Waals surface area contributed by atoms with E-state index in [2.05, 4.69) is 47.1 Å². The standard InChI is InChI=1S/C17H24ClN3/c1-4-17(15-6-8-16(18)9-7-15)19-10-5-11-21-14(3)12-13(2)20-21/h6-9,12,17,19H,4-5,10-11H2,1-3H3. The van der Waals surface area contributed by atoms with Crippen LogP contribution in [0, 0.1) is 13.8 Å². The van der Waals surface area contributed by atoms with Crippen molar-refractivity contribution in [2.45, 2.75) is 46.2 Å². The maximum atomic E-state index is 5.94. The monoisotopic (exact) mass is 305 g/mol. The van der Waals surface area contributed by atoms with Gasteiger partial charge in [0.25, 0.3) is 0 Å². The van der Waals surface area contributed by atoms with E-state index in [1.165, 1.54) is 11.3 Å². The summed E-state index contributed by atoms with van der Waals surface area (Å²) in [6.45, 7) is 8.29. The Morgan fingerprint density at radius 1 is 1.24 bits per heavy atom. The van der Waals surface area contributed by atoms with Gasteiger partial charge in [-0.05, 0) is 57.0 Å². The third-order valence-corrected chi connectivity index (χ3v) is 3.97. The minimum Gasteiger partial charge on any atom is -0.310 e. The Morgan fingerprint density at radius 2 is 1.95 bits per heavy atom. The van der Waals surface area contributed by atoms with Gasteiger partial charge in [0.2, 0.25) is 0 Å². The predicted octanol–water partition coefficient (Wildman–Crippen LogP) is 4.28. The zero-order valence-electron chi connectivity index (χ0n) is 13.1. The van der Waals surface area contributed by atoms with E-state index in [0.29, 0.717) is 6.04 Å². The van der Waals surface area contributed by atoms with Crippen LogP contribution in [-0.2, 0) is 6.54 Å². The summed E-state index contributed by atoms with van der Waals surface area (Å²) in [5, 5.41) is 8.90. The molecule has 1 atom stereocenters. The summed E-state index contributed by atoms with van der Waals surface area (Å²) in [5.41, 5.74) is 3.62. The minimum atomic E-state index is 0.391. The third kappa shape index (κ3) is 4.58. The quantitative estimate of drug-likeness (QED) is 0.774. The Morgan fingerprint density at radius 3 is 2.52 bits per heavy atom. The second-order valence-electron chi connectivity index (χ2n) is 5.47. The highest BCUT2D eigenvalue weighted by Crippen LogP contribution is 2.19. The number of hydrogen-bond donors (Lipinski definition) is 1. The Hall–Kier alpha value is -1.32. The average molecular weight is 306 g/mol. The van der Waals surface area contributed by atoms with Crippen LogP contribution in [-0.4, -0.2) is 16.3 Å². The second kappa shape index (κ2) is 7.62. The van der Waals surface area contributed by atoms with Crippen LogP contribution in [0.4, 0.5) is 0 Å². The van der Waals surface area contributed by atoms with Crippen LogP contribution in [0.2, 0.25) is 5.02 Å². The largest absolute Gasteiger partial charge is 0.310 e. The Kier molecular flexibility index (Phi) is 5.83. The van der Waals surface area contributed by atoms with Gasteiger partial charge >= 0.3 is 0 Å². The van der Waals surface area contributed by atoms with Crippen molar-refractivity contribution in [2.24, 2.45) is 0 Å². The lowest BCUT2D eigenvalue weighted by atomic mass is 10.0. The van der Waals surface area contributed by atoms with Crippen molar-refractivity contribution in [3.8, 4) is 0 Å². The first kappa shape index (κ1) is 16.1. The fraction of sp³-hybridized carbons (Fsp3) is 0.471. The maximum absolute atomic E-state index is 5.94. The van der Waals surface area contributed by atoms with Crippen LogP contribution in [0.5, 0.6) is 0 Å². The van der Waals surface area contributed by atoms with E-state index in [4.69, 9.17) is 11.6 Å². The maximum Gasteiger partial charge on any atom is 0.0596 e. The normalized spacial score (nSPS) is 12.6. The van der Waals surface area contributed by atoms with E-state index in [9.17, 15) is 0 Å². The fourth-order valence-corrected chi connectivity index (χ4v) is 2.73. The molecule has 1 aromatic heterocycles. The summed E-state index contributed by atoms with van der Waals surface area (Å²) in [7, 11) is 0. The highest BCUT2D eigenvalue weighted by atomic mass is 35.5. The molecular weight excluding hydrogens is 282 g/mol. The highest BCUT2D eigenvalue weighted by molar-refractivity contribution is 6.30. The SMILES string of the molecule is CCC(NCCCn1nc(C)cc1C)c1ccc(Cl)cc1. The minimum absolute atomic E-state index is 0.391. The average Bonchev–Trinajstić information content (AvgIpc) is 2.78. The summed E-state index contributed by atoms with van der Waals surface area (Å²) < 4.78 is 2.08. The molecule has 2 rings (SSSR count). The number of nitrogens with one attached hydrogen (secondary N) is 1. The van der Waals surface area contributed by atoms with Crippen molar-refractivity contribution in [2.75, 3.05) is 6.54 Å². The van der Waals surface area contributed by atoms with Crippen molar-refractivity contribution >= 4 is 11.6 Å². The van der Waals surface area contributed by atoms with Gasteiger partial charge in [-0.25, -0.2) is 0 Å². The molecule has 0 spiro atoms. The molecule has 0 radical (unpaired) electrons. The number of hydrogen-bond acceptors (Lipinski definition) is 2. The van der Waals surface area contributed by atoms with Crippen LogP contribution in [0.1, 0.15) is 42.8 Å². The molecule has 0 aliphatic carbocycles. The van der Waals surface area contributed by atoms with Crippen molar-refractivity contribution in [3.05, 3.63) is 52.3 Å². The van der Waals surface area contributed by atoms with Crippen LogP contribution < -0.4 is 5.32 Å². The van der Waals surface area contributed by atoms with Gasteiger partial charge in [-0.2, -0.15) is 5.10 Å². The first-order chi connectivity index (χ1) is 10.1. The van der Waals surface area contributed by atoms with E-state index < -0.39 is 0 Å². The Labute approximate surface area is 132 Å². The van der Waals surface area contributed by atoms with Gasteiger partial charge < -0.3 is 5.32 Å². The van der Waals surface area contributed by atoms with Crippen LogP contribution in [0.15, 0.2) is 30.3 Å². The molecule has 1 aromatic carbocycles. The Bertz CT molecular complexity index is 560. The number of aromatic nitrogens is 2. The molecule has 1 unspecified atom stereocenters. The van der Waals surface area contributed by atoms with E-state index in [1.54, 1.807) is 0 Å². The summed E-state index contributed by atoms with van der Waals surface area (Å²) >= 11 is 5.94. The van der Waals surface area contributed by atoms with Crippen molar-refractivity contribution in [3.63, 3.8) is 0 Å². The summed E-state index contributed by atoms with van der Waals surface area (Å²) in [6, 6.07) is 10.6. The summed E-state index contributed by atoms with van der Waals surface area (Å²) in [5.74, 6) is 0. The zero-order valence-corrected chi connectivity index (χ0v) is 13.8. The predicted molar refractivity (Wildman–Crippen MR) is 88.8 cm³/mol. The molecule has 0 aliphatic rings. The summed E-state index contributed by atoms with van der Waals surface area (Å²) in [4.78, 5) is 0. The number of rotatable bonds is 7. The summed E-state index contributed by atoms with van der Waals surface area (Å²) in [6.07, 6.45) is 2.15. The van der Waals surface area contributed by atoms with Crippen molar-refractivity contribution < 1.29 is 0 Å². The Balaban J connectivity index is 1.81. The first-order valence-corrected chi connectivity index (χ1v) is 7.98. The van der Waals surface area contributed by atoms with Gasteiger partial charge in [0, 0.05) is 23.3 Å². The van der Waals surface area contributed by atoms with Gasteiger partial charge in [-0.15, -0.1) is 0 Å². The molecule has 3 nitrogen and oxygen atoms in total. The number of halogens is 1. The molecule has 0 bridgehead atoms. The van der Waals surface area contributed by atoms with Gasteiger partial charge in [-0.3, -0.25) is 4.68 Å². The van der Waals surface area contributed by atoms with Gasteiger partial charge in [-0.1, -0.05) is 30.7 Å². The second-order valence-corrected chi connectivity index (χ2v) is 5.91. The van der Waals surface area contributed by atoms with Gasteiger partial charge in [0.1, 0.15) is 0 Å². The van der Waals surface area contributed by atoms with Crippen LogP contribution in [0.3, 0.4) is 0 Å². The van der Waals surface area contributed by atoms with E-state index in [1.807, 2.05) is 19.1 Å². The molecule has 1 heterocycles. The molecule has 1 N–H and O–H groups in total. The molecule has 0 amide bonds. The number of benzene rings is 1. The molecule has 114 valence electrons. The first-order valence-electron chi connectivity index (χ1n) is 7.60. The number of nitrogens with zero attached hydrogens (tertiary/aromatic N) is 2. The van der Waals surface area contributed by atoms with Crippen LogP contribution in [0.25, 0.3) is 0 Å². The smallest absolute Gasteiger partial charge is 0.0596 e. The molecule has 0 saturated heterocycles. The fourth-order valence-electron chi connectivity index (χ4n) is 2.60. The zero-order chi connectivity index (χ0) is 15.2. The molecule has 0 fully saturated rings. The van der Waals surface area contributed by atoms with Crippen molar-refractivity contribution in [1.29, 1.82) is 0 Å². The van der Waals surface area contributed by atoms with E-state index in [-0.39, 0.29) is 0 Å². The van der Waals surface area contributed by atoms with Crippen molar-refractivity contribution in [1.82, 2.24) is 15.1 Å². The van der Waals surface area contributed by atoms with Gasteiger partial charge in [0.05, 0.1) is 5.69 Å². The van der Waals surface area contributed by atoms with E-state index in [0.717, 1.165) is 36.6 Å². The number of aryl methyl sites for hydroxylation is 3. The molecule has 4 heteroatoms. The third-order valence-electron chi connectivity index (χ3n) is 3.72. The van der Waals surface area contributed by atoms with E-state index >= 15 is 0 Å². The topological polar surface area (TPSA) is 29.9 Å². The molecule has 0 aliphatic heterocycles. The molecular formula is C17H24ClN3. The lowest BCUT2D eigenvalue weighted by molar-refractivity contribution is 0.475. The van der Waals surface area contributed by atoms with Gasteiger partial charge in [0.15, 0.2) is 0 Å². The molecule has 0 saturated carbocycles. The molecule has 2 aromatic rings. The highest BCUT2D eigenvalue weighted by Gasteiger charge is 2.08. The van der Waals surface area contributed by atoms with Crippen LogP contribution >= 0.6 is 11.6 Å². The molecule has 21 heavy (non-hydrogen) atoms. The lowest BCUT2D eigenvalue weighted by Gasteiger charge is -2.17.